The highest BCUT2D eigenvalue weighted by atomic mass is 16.5. The summed E-state index contributed by atoms with van der Waals surface area (Å²) in [5.41, 5.74) is 0.619. The van der Waals surface area contributed by atoms with E-state index in [2.05, 4.69) is 5.10 Å². The fraction of sp³-hybridized carbons (Fsp3) is 0.450. The molecule has 8 heteroatoms. The predicted octanol–water partition coefficient (Wildman–Crippen LogP) is 1.44. The number of carbonyl (C=O) groups is 2. The van der Waals surface area contributed by atoms with Gasteiger partial charge in [-0.05, 0) is 18.6 Å². The first-order chi connectivity index (χ1) is 13.6. The first kappa shape index (κ1) is 17.2. The summed E-state index contributed by atoms with van der Waals surface area (Å²) in [5.74, 6) is 0.635. The highest BCUT2D eigenvalue weighted by Crippen LogP contribution is 2.45. The van der Waals surface area contributed by atoms with E-state index >= 15 is 0 Å². The minimum absolute atomic E-state index is 0.0758. The van der Waals surface area contributed by atoms with Crippen LogP contribution in [0.25, 0.3) is 5.69 Å². The van der Waals surface area contributed by atoms with Gasteiger partial charge in [-0.25, -0.2) is 4.68 Å². The normalized spacial score (nSPS) is 26.3. The van der Waals surface area contributed by atoms with Gasteiger partial charge in [0, 0.05) is 25.7 Å². The molecule has 4 heterocycles. The standard InChI is InChI=1S/C20H22N4O4/c1-27-16-6-3-2-5-15(16)24-13-14(12-21-24)19(26)22-9-7-20-17(22)11-18(25)23(20)8-4-10-28-20/h2-3,5-6,12-13,17H,4,7-11H2,1H3/t17-,20+/m1/s1. The molecule has 0 radical (unpaired) electrons. The molecule has 3 aliphatic rings. The van der Waals surface area contributed by atoms with Gasteiger partial charge in [-0.3, -0.25) is 9.59 Å². The van der Waals surface area contributed by atoms with Gasteiger partial charge >= 0.3 is 0 Å². The molecule has 0 saturated carbocycles. The minimum Gasteiger partial charge on any atom is -0.494 e. The molecule has 2 amide bonds. The first-order valence-corrected chi connectivity index (χ1v) is 9.57. The zero-order chi connectivity index (χ0) is 19.3. The molecule has 0 N–H and O–H groups in total. The van der Waals surface area contributed by atoms with Crippen molar-refractivity contribution >= 4 is 11.8 Å². The Bertz CT molecular complexity index is 942. The molecule has 2 aromatic rings. The van der Waals surface area contributed by atoms with Crippen LogP contribution in [0.4, 0.5) is 0 Å². The highest BCUT2D eigenvalue weighted by molar-refractivity contribution is 5.95. The monoisotopic (exact) mass is 382 g/mol. The van der Waals surface area contributed by atoms with Crippen molar-refractivity contribution in [1.29, 1.82) is 0 Å². The summed E-state index contributed by atoms with van der Waals surface area (Å²) < 4.78 is 13.1. The fourth-order valence-corrected chi connectivity index (χ4v) is 4.74. The lowest BCUT2D eigenvalue weighted by Gasteiger charge is -2.42. The second-order valence-electron chi connectivity index (χ2n) is 7.41. The van der Waals surface area contributed by atoms with E-state index in [4.69, 9.17) is 9.47 Å². The number of amides is 2. The molecule has 3 fully saturated rings. The molecule has 0 unspecified atom stereocenters. The molecule has 146 valence electrons. The third-order valence-electron chi connectivity index (χ3n) is 6.03. The lowest BCUT2D eigenvalue weighted by atomic mass is 10.0. The van der Waals surface area contributed by atoms with E-state index < -0.39 is 5.72 Å². The molecule has 3 saturated heterocycles. The summed E-state index contributed by atoms with van der Waals surface area (Å²) in [6.07, 6.45) is 5.11. The first-order valence-electron chi connectivity index (χ1n) is 9.57. The number of ether oxygens (including phenoxy) is 2. The molecule has 1 spiro atoms. The van der Waals surface area contributed by atoms with E-state index in [1.165, 1.54) is 0 Å². The van der Waals surface area contributed by atoms with Crippen LogP contribution in [-0.4, -0.2) is 70.0 Å². The van der Waals surface area contributed by atoms with E-state index in [-0.39, 0.29) is 17.9 Å². The fourth-order valence-electron chi connectivity index (χ4n) is 4.74. The van der Waals surface area contributed by atoms with Crippen LogP contribution in [0.1, 0.15) is 29.6 Å². The van der Waals surface area contributed by atoms with Crippen molar-refractivity contribution in [2.45, 2.75) is 31.0 Å². The molecule has 3 aliphatic heterocycles. The maximum absolute atomic E-state index is 13.2. The summed E-state index contributed by atoms with van der Waals surface area (Å²) >= 11 is 0. The molecule has 1 aromatic carbocycles. The van der Waals surface area contributed by atoms with Gasteiger partial charge in [-0.15, -0.1) is 0 Å². The number of hydrogen-bond acceptors (Lipinski definition) is 5. The maximum atomic E-state index is 13.2. The predicted molar refractivity (Wildman–Crippen MR) is 99.2 cm³/mol. The summed E-state index contributed by atoms with van der Waals surface area (Å²) in [6, 6.07) is 7.28. The van der Waals surface area contributed by atoms with Crippen molar-refractivity contribution in [3.63, 3.8) is 0 Å². The molecular formula is C20H22N4O4. The van der Waals surface area contributed by atoms with E-state index in [0.29, 0.717) is 43.9 Å². The van der Waals surface area contributed by atoms with Crippen LogP contribution in [0.3, 0.4) is 0 Å². The topological polar surface area (TPSA) is 76.9 Å². The largest absolute Gasteiger partial charge is 0.494 e. The van der Waals surface area contributed by atoms with Crippen LogP contribution in [0.15, 0.2) is 36.7 Å². The van der Waals surface area contributed by atoms with E-state index in [0.717, 1.165) is 12.1 Å². The lowest BCUT2D eigenvalue weighted by molar-refractivity contribution is -0.179. The number of hydrogen-bond donors (Lipinski definition) is 0. The van der Waals surface area contributed by atoms with Gasteiger partial charge in [0.05, 0.1) is 37.9 Å². The van der Waals surface area contributed by atoms with Crippen molar-refractivity contribution in [2.75, 3.05) is 26.8 Å². The number of rotatable bonds is 3. The van der Waals surface area contributed by atoms with Gasteiger partial charge in [0.2, 0.25) is 5.91 Å². The van der Waals surface area contributed by atoms with Crippen LogP contribution in [-0.2, 0) is 9.53 Å². The van der Waals surface area contributed by atoms with Crippen molar-refractivity contribution in [3.8, 4) is 11.4 Å². The van der Waals surface area contributed by atoms with Crippen molar-refractivity contribution in [1.82, 2.24) is 19.6 Å². The van der Waals surface area contributed by atoms with Gasteiger partial charge in [0.25, 0.3) is 5.91 Å². The molecule has 28 heavy (non-hydrogen) atoms. The second kappa shape index (κ2) is 6.34. The van der Waals surface area contributed by atoms with Crippen molar-refractivity contribution < 1.29 is 19.1 Å². The van der Waals surface area contributed by atoms with Gasteiger partial charge < -0.3 is 19.3 Å². The second-order valence-corrected chi connectivity index (χ2v) is 7.41. The minimum atomic E-state index is -0.635. The lowest BCUT2D eigenvalue weighted by Crippen LogP contribution is -2.56. The summed E-state index contributed by atoms with van der Waals surface area (Å²) in [4.78, 5) is 29.3. The Morgan fingerprint density at radius 1 is 1.32 bits per heavy atom. The number of likely N-dealkylation sites (tertiary alicyclic amines) is 1. The SMILES string of the molecule is COc1ccccc1-n1cc(C(=O)N2CC[C@@]34OCCCN3C(=O)C[C@@H]24)cn1. The van der Waals surface area contributed by atoms with Crippen LogP contribution in [0.5, 0.6) is 5.75 Å². The van der Waals surface area contributed by atoms with Crippen LogP contribution >= 0.6 is 0 Å². The third kappa shape index (κ3) is 2.37. The number of aromatic nitrogens is 2. The number of carbonyl (C=O) groups excluding carboxylic acids is 2. The van der Waals surface area contributed by atoms with E-state index in [1.807, 2.05) is 29.2 Å². The highest BCUT2D eigenvalue weighted by Gasteiger charge is 2.61. The average Bonchev–Trinajstić information content (AvgIpc) is 3.40. The van der Waals surface area contributed by atoms with Crippen molar-refractivity contribution in [3.05, 3.63) is 42.2 Å². The Morgan fingerprint density at radius 3 is 3.04 bits per heavy atom. The van der Waals surface area contributed by atoms with Gasteiger partial charge in [0.15, 0.2) is 5.72 Å². The number of methoxy groups -OCH3 is 1. The van der Waals surface area contributed by atoms with E-state index in [1.54, 1.807) is 29.1 Å². The third-order valence-corrected chi connectivity index (χ3v) is 6.03. The Hall–Kier alpha value is -2.87. The van der Waals surface area contributed by atoms with Crippen LogP contribution in [0, 0.1) is 0 Å². The maximum Gasteiger partial charge on any atom is 0.257 e. The number of nitrogens with zero attached hydrogens (tertiary/aromatic N) is 4. The Kier molecular flexibility index (Phi) is 3.90. The zero-order valence-corrected chi connectivity index (χ0v) is 15.7. The quantitative estimate of drug-likeness (QED) is 0.803. The Labute approximate surface area is 162 Å². The van der Waals surface area contributed by atoms with Crippen LogP contribution < -0.4 is 4.74 Å². The van der Waals surface area contributed by atoms with Crippen LogP contribution in [0.2, 0.25) is 0 Å². The summed E-state index contributed by atoms with van der Waals surface area (Å²) in [7, 11) is 1.60. The molecular weight excluding hydrogens is 360 g/mol. The molecule has 5 rings (SSSR count). The smallest absolute Gasteiger partial charge is 0.257 e. The van der Waals surface area contributed by atoms with Gasteiger partial charge in [-0.1, -0.05) is 12.1 Å². The molecule has 1 aromatic heterocycles. The van der Waals surface area contributed by atoms with Gasteiger partial charge in [0.1, 0.15) is 11.4 Å². The molecule has 8 nitrogen and oxygen atoms in total. The number of para-hydroxylation sites is 2. The molecule has 0 aliphatic carbocycles. The van der Waals surface area contributed by atoms with Crippen molar-refractivity contribution in [2.24, 2.45) is 0 Å². The van der Waals surface area contributed by atoms with E-state index in [9.17, 15) is 9.59 Å². The Balaban J connectivity index is 1.42. The average molecular weight is 382 g/mol. The van der Waals surface area contributed by atoms with Gasteiger partial charge in [-0.2, -0.15) is 5.10 Å². The summed E-state index contributed by atoms with van der Waals surface area (Å²) in [6.45, 7) is 1.92. The summed E-state index contributed by atoms with van der Waals surface area (Å²) in [5, 5.41) is 4.35. The molecule has 2 atom stereocenters. The number of benzene rings is 1. The Morgan fingerprint density at radius 2 is 2.18 bits per heavy atom. The zero-order valence-electron chi connectivity index (χ0n) is 15.7. The molecule has 0 bridgehead atoms.